The summed E-state index contributed by atoms with van der Waals surface area (Å²) < 4.78 is 38.4. The second-order valence-corrected chi connectivity index (χ2v) is 6.46. The highest BCUT2D eigenvalue weighted by atomic mass is 19.4. The van der Waals surface area contributed by atoms with Gasteiger partial charge in [-0.25, -0.2) is 0 Å². The molecule has 3 heterocycles. The predicted molar refractivity (Wildman–Crippen MR) is 102 cm³/mol. The number of pyridine rings is 2. The van der Waals surface area contributed by atoms with Gasteiger partial charge in [0.05, 0.1) is 11.3 Å². The van der Waals surface area contributed by atoms with Crippen LogP contribution in [0.5, 0.6) is 0 Å². The molecule has 0 saturated heterocycles. The molecule has 0 bridgehead atoms. The van der Waals surface area contributed by atoms with Gasteiger partial charge >= 0.3 is 6.18 Å². The van der Waals surface area contributed by atoms with Crippen molar-refractivity contribution in [3.63, 3.8) is 0 Å². The zero-order valence-electron chi connectivity index (χ0n) is 15.0. The van der Waals surface area contributed by atoms with E-state index in [1.54, 1.807) is 48.8 Å². The lowest BCUT2D eigenvalue weighted by molar-refractivity contribution is -0.140. The Morgan fingerprint density at radius 3 is 2.62 bits per heavy atom. The monoisotopic (exact) mass is 396 g/mol. The number of hydrogen-bond donors (Lipinski definition) is 2. The van der Waals surface area contributed by atoms with E-state index in [4.69, 9.17) is 0 Å². The Hall–Kier alpha value is -3.68. The van der Waals surface area contributed by atoms with Crippen LogP contribution in [0.3, 0.4) is 0 Å². The van der Waals surface area contributed by atoms with Crippen LogP contribution >= 0.6 is 0 Å². The number of amides is 1. The highest BCUT2D eigenvalue weighted by molar-refractivity contribution is 5.94. The van der Waals surface area contributed by atoms with Crippen LogP contribution in [0.2, 0.25) is 0 Å². The molecular formula is C21H15F3N4O. The lowest BCUT2D eigenvalue weighted by Crippen LogP contribution is -2.22. The molecule has 1 amide bonds. The molecule has 0 saturated carbocycles. The Morgan fingerprint density at radius 1 is 1.07 bits per heavy atom. The van der Waals surface area contributed by atoms with E-state index in [0.717, 1.165) is 11.6 Å². The summed E-state index contributed by atoms with van der Waals surface area (Å²) >= 11 is 0. The van der Waals surface area contributed by atoms with Gasteiger partial charge in [-0.1, -0.05) is 6.07 Å². The van der Waals surface area contributed by atoms with E-state index in [2.05, 4.69) is 20.3 Å². The standard InChI is InChI=1S/C21H15F3N4O/c22-21(23,24)19-9-16-8-13(3-5-18(16)28-19)10-27-20(29)15-4-6-17(26-12-15)14-2-1-7-25-11-14/h1-9,11-12,28H,10H2,(H,27,29). The average Bonchev–Trinajstić information content (AvgIpc) is 3.17. The van der Waals surface area contributed by atoms with Crippen LogP contribution in [0.15, 0.2) is 67.1 Å². The Kier molecular flexibility index (Phi) is 4.75. The van der Waals surface area contributed by atoms with Gasteiger partial charge in [-0.15, -0.1) is 0 Å². The van der Waals surface area contributed by atoms with Gasteiger partial charge in [0.25, 0.3) is 5.91 Å². The second kappa shape index (κ2) is 7.38. The molecule has 8 heteroatoms. The maximum absolute atomic E-state index is 12.8. The van der Waals surface area contributed by atoms with E-state index >= 15 is 0 Å². The molecule has 4 aromatic rings. The molecule has 0 aliphatic rings. The minimum absolute atomic E-state index is 0.186. The van der Waals surface area contributed by atoms with Crippen molar-refractivity contribution in [3.05, 3.63) is 83.9 Å². The van der Waals surface area contributed by atoms with Crippen molar-refractivity contribution < 1.29 is 18.0 Å². The highest BCUT2D eigenvalue weighted by Gasteiger charge is 2.32. The topological polar surface area (TPSA) is 70.7 Å². The number of aromatic amines is 1. The maximum atomic E-state index is 12.8. The van der Waals surface area contributed by atoms with Gasteiger partial charge in [0.15, 0.2) is 0 Å². The fraction of sp³-hybridized carbons (Fsp3) is 0.0952. The summed E-state index contributed by atoms with van der Waals surface area (Å²) in [5, 5.41) is 3.19. The number of halogens is 3. The number of rotatable bonds is 4. The molecule has 0 aliphatic carbocycles. The Morgan fingerprint density at radius 2 is 1.93 bits per heavy atom. The van der Waals surface area contributed by atoms with Crippen molar-refractivity contribution in [1.82, 2.24) is 20.3 Å². The molecular weight excluding hydrogens is 381 g/mol. The predicted octanol–water partition coefficient (Wildman–Crippen LogP) is 4.57. The largest absolute Gasteiger partial charge is 0.431 e. The van der Waals surface area contributed by atoms with Crippen LogP contribution in [0.1, 0.15) is 21.6 Å². The third-order valence-corrected chi connectivity index (χ3v) is 4.43. The Balaban J connectivity index is 1.44. The van der Waals surface area contributed by atoms with Crippen molar-refractivity contribution in [2.45, 2.75) is 12.7 Å². The van der Waals surface area contributed by atoms with E-state index < -0.39 is 11.9 Å². The first-order chi connectivity index (χ1) is 13.9. The van der Waals surface area contributed by atoms with Crippen molar-refractivity contribution in [1.29, 1.82) is 0 Å². The quantitative estimate of drug-likeness (QED) is 0.531. The van der Waals surface area contributed by atoms with E-state index in [0.29, 0.717) is 27.7 Å². The molecule has 1 aromatic carbocycles. The first-order valence-electron chi connectivity index (χ1n) is 8.74. The summed E-state index contributed by atoms with van der Waals surface area (Å²) in [5.74, 6) is -0.319. The molecule has 2 N–H and O–H groups in total. The van der Waals surface area contributed by atoms with Crippen LogP contribution in [0, 0.1) is 0 Å². The zero-order chi connectivity index (χ0) is 20.4. The van der Waals surface area contributed by atoms with Crippen LogP contribution < -0.4 is 5.32 Å². The summed E-state index contributed by atoms with van der Waals surface area (Å²) in [6.45, 7) is 0.186. The Labute approximate surface area is 163 Å². The number of nitrogens with one attached hydrogen (secondary N) is 2. The summed E-state index contributed by atoms with van der Waals surface area (Å²) in [5.41, 5.74) is 2.22. The smallest absolute Gasteiger partial charge is 0.351 e. The number of carbonyl (C=O) groups excluding carboxylic acids is 1. The van der Waals surface area contributed by atoms with Gasteiger partial charge in [-0.3, -0.25) is 14.8 Å². The first kappa shape index (κ1) is 18.7. The van der Waals surface area contributed by atoms with Gasteiger partial charge in [0, 0.05) is 41.6 Å². The number of fused-ring (bicyclic) bond motifs is 1. The molecule has 146 valence electrons. The van der Waals surface area contributed by atoms with Gasteiger partial charge < -0.3 is 10.3 Å². The number of alkyl halides is 3. The molecule has 0 aliphatic heterocycles. The number of aromatic nitrogens is 3. The molecule has 0 unspecified atom stereocenters. The molecule has 0 radical (unpaired) electrons. The minimum atomic E-state index is -4.43. The van der Waals surface area contributed by atoms with E-state index in [1.165, 1.54) is 6.20 Å². The molecule has 29 heavy (non-hydrogen) atoms. The fourth-order valence-electron chi connectivity index (χ4n) is 2.94. The van der Waals surface area contributed by atoms with Crippen LogP contribution in [0.4, 0.5) is 13.2 Å². The lowest BCUT2D eigenvalue weighted by atomic mass is 10.1. The van der Waals surface area contributed by atoms with Crippen LogP contribution in [0.25, 0.3) is 22.2 Å². The summed E-state index contributed by atoms with van der Waals surface area (Å²) in [6.07, 6.45) is 0.397. The fourth-order valence-corrected chi connectivity index (χ4v) is 2.94. The van der Waals surface area contributed by atoms with Gasteiger partial charge in [-0.05, 0) is 48.0 Å². The number of H-pyrrole nitrogens is 1. The highest BCUT2D eigenvalue weighted by Crippen LogP contribution is 2.31. The minimum Gasteiger partial charge on any atom is -0.351 e. The maximum Gasteiger partial charge on any atom is 0.431 e. The average molecular weight is 396 g/mol. The molecule has 0 fully saturated rings. The first-order valence-corrected chi connectivity index (χ1v) is 8.74. The van der Waals surface area contributed by atoms with E-state index in [-0.39, 0.29) is 12.5 Å². The normalized spacial score (nSPS) is 11.6. The second-order valence-electron chi connectivity index (χ2n) is 6.46. The number of hydrogen-bond acceptors (Lipinski definition) is 3. The molecule has 4 rings (SSSR count). The molecule has 3 aromatic heterocycles. The Bertz CT molecular complexity index is 1150. The van der Waals surface area contributed by atoms with Crippen molar-refractivity contribution in [3.8, 4) is 11.3 Å². The summed E-state index contributed by atoms with van der Waals surface area (Å²) in [7, 11) is 0. The zero-order valence-corrected chi connectivity index (χ0v) is 15.0. The SMILES string of the molecule is O=C(NCc1ccc2[nH]c(C(F)(F)F)cc2c1)c1ccc(-c2cccnc2)nc1. The lowest BCUT2D eigenvalue weighted by Gasteiger charge is -2.06. The van der Waals surface area contributed by atoms with Crippen LogP contribution in [-0.4, -0.2) is 20.9 Å². The third-order valence-electron chi connectivity index (χ3n) is 4.43. The number of benzene rings is 1. The van der Waals surface area contributed by atoms with Gasteiger partial charge in [-0.2, -0.15) is 13.2 Å². The summed E-state index contributed by atoms with van der Waals surface area (Å²) in [6, 6.07) is 13.0. The number of carbonyl (C=O) groups is 1. The van der Waals surface area contributed by atoms with E-state index in [9.17, 15) is 18.0 Å². The van der Waals surface area contributed by atoms with Gasteiger partial charge in [0.2, 0.25) is 0 Å². The molecule has 5 nitrogen and oxygen atoms in total. The van der Waals surface area contributed by atoms with Crippen molar-refractivity contribution in [2.75, 3.05) is 0 Å². The summed E-state index contributed by atoms with van der Waals surface area (Å²) in [4.78, 5) is 23.0. The third kappa shape index (κ3) is 4.11. The molecule has 0 atom stereocenters. The van der Waals surface area contributed by atoms with Gasteiger partial charge in [0.1, 0.15) is 5.69 Å². The van der Waals surface area contributed by atoms with E-state index in [1.807, 2.05) is 6.07 Å². The van der Waals surface area contributed by atoms with Crippen molar-refractivity contribution >= 4 is 16.8 Å². The number of nitrogens with zero attached hydrogens (tertiary/aromatic N) is 2. The van der Waals surface area contributed by atoms with Crippen LogP contribution in [-0.2, 0) is 12.7 Å². The molecule has 0 spiro atoms. The van der Waals surface area contributed by atoms with Crippen molar-refractivity contribution in [2.24, 2.45) is 0 Å².